The number of hydrogen-bond donors (Lipinski definition) is 0. The zero-order valence-corrected chi connectivity index (χ0v) is 12.1. The Labute approximate surface area is 109 Å². The molecule has 1 saturated carbocycles. The van der Waals surface area contributed by atoms with Gasteiger partial charge in [-0.15, -0.1) is 0 Å². The van der Waals surface area contributed by atoms with E-state index in [4.69, 9.17) is 0 Å². The maximum atomic E-state index is 12.2. The molecule has 0 bridgehead atoms. The summed E-state index contributed by atoms with van der Waals surface area (Å²) in [5.74, 6) is 0. The molecule has 0 radical (unpaired) electrons. The Hall–Kier alpha value is -0.840. The lowest BCUT2D eigenvalue weighted by atomic mass is 9.72. The molecule has 0 unspecified atom stereocenters. The first-order chi connectivity index (χ1) is 8.22. The molecule has 0 atom stereocenters. The van der Waals surface area contributed by atoms with Gasteiger partial charge in [0, 0.05) is 13.1 Å². The van der Waals surface area contributed by atoms with E-state index in [1.165, 1.54) is 10.5 Å². The van der Waals surface area contributed by atoms with Crippen molar-refractivity contribution in [1.82, 2.24) is 4.90 Å². The number of sulfone groups is 1. The highest BCUT2D eigenvalue weighted by atomic mass is 32.2. The minimum absolute atomic E-state index is 0.0659. The van der Waals surface area contributed by atoms with E-state index >= 15 is 0 Å². The number of carbonyl (C=O) groups is 1. The molecule has 0 aromatic heterocycles. The van der Waals surface area contributed by atoms with Gasteiger partial charge in [0.25, 0.3) is 0 Å². The van der Waals surface area contributed by atoms with Crippen molar-refractivity contribution in [3.63, 3.8) is 0 Å². The minimum atomic E-state index is -3.63. The highest BCUT2D eigenvalue weighted by Gasteiger charge is 2.47. The summed E-state index contributed by atoms with van der Waals surface area (Å²) < 4.78 is 24.3. The maximum Gasteiger partial charge on any atom is 0.339 e. The first kappa shape index (κ1) is 13.6. The van der Waals surface area contributed by atoms with E-state index in [0.717, 1.165) is 6.42 Å². The Kier molecular flexibility index (Phi) is 3.30. The normalized spacial score (nSPS) is 24.4. The summed E-state index contributed by atoms with van der Waals surface area (Å²) in [6.45, 7) is 7.04. The molecule has 2 rings (SSSR count). The smallest absolute Gasteiger partial charge is 0.325 e. The van der Waals surface area contributed by atoms with Crippen molar-refractivity contribution in [3.8, 4) is 0 Å². The first-order valence-corrected chi connectivity index (χ1v) is 7.95. The summed E-state index contributed by atoms with van der Waals surface area (Å²) in [5, 5.41) is -1.14. The van der Waals surface area contributed by atoms with E-state index < -0.39 is 20.3 Å². The van der Waals surface area contributed by atoms with Crippen LogP contribution >= 0.6 is 0 Å². The maximum absolute atomic E-state index is 12.2. The Morgan fingerprint density at radius 3 is 2.44 bits per heavy atom. The Morgan fingerprint density at radius 1 is 1.39 bits per heavy atom. The third-order valence-electron chi connectivity index (χ3n) is 3.94. The molecule has 1 amide bonds. The number of amides is 1. The van der Waals surface area contributed by atoms with Gasteiger partial charge in [-0.3, -0.25) is 4.79 Å². The quantitative estimate of drug-likeness (QED) is 0.688. The molecule has 0 saturated heterocycles. The second kappa shape index (κ2) is 4.37. The number of hydrogen-bond acceptors (Lipinski definition) is 3. The van der Waals surface area contributed by atoms with Crippen LogP contribution in [0.1, 0.15) is 40.0 Å². The SMILES string of the molecule is CC1=CCN(C(=O)S(=O)(=O)C2CC(C)(C)C2)CC1. The van der Waals surface area contributed by atoms with Crippen molar-refractivity contribution >= 4 is 15.1 Å². The number of nitrogens with zero attached hydrogens (tertiary/aromatic N) is 1. The Morgan fingerprint density at radius 2 is 2.00 bits per heavy atom. The molecule has 1 heterocycles. The second-order valence-corrected chi connectivity index (χ2v) is 8.36. The van der Waals surface area contributed by atoms with Crippen LogP contribution in [-0.2, 0) is 9.84 Å². The van der Waals surface area contributed by atoms with Gasteiger partial charge in [-0.1, -0.05) is 25.5 Å². The van der Waals surface area contributed by atoms with Gasteiger partial charge in [-0.05, 0) is 31.6 Å². The fourth-order valence-corrected chi connectivity index (χ4v) is 4.80. The van der Waals surface area contributed by atoms with E-state index in [1.54, 1.807) is 0 Å². The molecule has 1 aliphatic carbocycles. The highest BCUT2D eigenvalue weighted by Crippen LogP contribution is 2.44. The van der Waals surface area contributed by atoms with E-state index in [2.05, 4.69) is 0 Å². The molecule has 102 valence electrons. The first-order valence-electron chi connectivity index (χ1n) is 6.41. The molecule has 0 N–H and O–H groups in total. The van der Waals surface area contributed by atoms with Crippen molar-refractivity contribution < 1.29 is 13.2 Å². The number of rotatable bonds is 1. The molecular weight excluding hydrogens is 250 g/mol. The molecule has 4 nitrogen and oxygen atoms in total. The van der Waals surface area contributed by atoms with Crippen LogP contribution in [0.4, 0.5) is 4.79 Å². The van der Waals surface area contributed by atoms with Crippen LogP contribution in [0.15, 0.2) is 11.6 Å². The summed E-state index contributed by atoms with van der Waals surface area (Å²) in [7, 11) is -3.63. The summed E-state index contributed by atoms with van der Waals surface area (Å²) in [4.78, 5) is 13.5. The molecule has 18 heavy (non-hydrogen) atoms. The Bertz CT molecular complexity index is 482. The van der Waals surface area contributed by atoms with Crippen molar-refractivity contribution in [1.29, 1.82) is 0 Å². The summed E-state index contributed by atoms with van der Waals surface area (Å²) in [6, 6.07) is 0. The van der Waals surface area contributed by atoms with Crippen LogP contribution in [0.3, 0.4) is 0 Å². The average Bonchev–Trinajstić information content (AvgIpc) is 2.26. The van der Waals surface area contributed by atoms with Crippen LogP contribution in [-0.4, -0.2) is 36.9 Å². The van der Waals surface area contributed by atoms with E-state index in [-0.39, 0.29) is 5.41 Å². The van der Waals surface area contributed by atoms with Gasteiger partial charge in [0.15, 0.2) is 0 Å². The predicted octanol–water partition coefficient (Wildman–Crippen LogP) is 2.36. The van der Waals surface area contributed by atoms with Gasteiger partial charge < -0.3 is 4.90 Å². The molecule has 0 spiro atoms. The fourth-order valence-electron chi connectivity index (χ4n) is 2.65. The molecule has 2 aliphatic rings. The molecule has 5 heteroatoms. The lowest BCUT2D eigenvalue weighted by Gasteiger charge is -2.42. The van der Waals surface area contributed by atoms with Gasteiger partial charge in [0.05, 0.1) is 5.25 Å². The van der Waals surface area contributed by atoms with Gasteiger partial charge in [0.1, 0.15) is 0 Å². The van der Waals surface area contributed by atoms with E-state index in [1.807, 2.05) is 26.8 Å². The largest absolute Gasteiger partial charge is 0.339 e. The standard InChI is InChI=1S/C13H21NO3S/c1-10-4-6-14(7-5-10)12(15)18(16,17)11-8-13(2,3)9-11/h4,11H,5-9H2,1-3H3. The third kappa shape index (κ3) is 2.46. The van der Waals surface area contributed by atoms with Crippen molar-refractivity contribution in [3.05, 3.63) is 11.6 Å². The topological polar surface area (TPSA) is 54.5 Å². The van der Waals surface area contributed by atoms with Crippen molar-refractivity contribution in [2.75, 3.05) is 13.1 Å². The van der Waals surface area contributed by atoms with Crippen molar-refractivity contribution in [2.24, 2.45) is 5.41 Å². The molecule has 0 aromatic rings. The summed E-state index contributed by atoms with van der Waals surface area (Å²) >= 11 is 0. The Balaban J connectivity index is 2.05. The number of carbonyl (C=O) groups excluding carboxylic acids is 1. The monoisotopic (exact) mass is 271 g/mol. The summed E-state index contributed by atoms with van der Waals surface area (Å²) in [5.41, 5.74) is 1.29. The average molecular weight is 271 g/mol. The van der Waals surface area contributed by atoms with Crippen molar-refractivity contribution in [2.45, 2.75) is 45.3 Å². The van der Waals surface area contributed by atoms with Crippen LogP contribution in [0.5, 0.6) is 0 Å². The summed E-state index contributed by atoms with van der Waals surface area (Å²) in [6.07, 6.45) is 3.91. The molecule has 0 aromatic carbocycles. The fraction of sp³-hybridized carbons (Fsp3) is 0.769. The molecule has 1 fully saturated rings. The third-order valence-corrected chi connectivity index (χ3v) is 5.89. The predicted molar refractivity (Wildman–Crippen MR) is 71.1 cm³/mol. The van der Waals surface area contributed by atoms with E-state index in [9.17, 15) is 13.2 Å². The highest BCUT2D eigenvalue weighted by molar-refractivity contribution is 8.06. The van der Waals surface area contributed by atoms with Crippen LogP contribution in [0, 0.1) is 5.41 Å². The van der Waals surface area contributed by atoms with Crippen LogP contribution < -0.4 is 0 Å². The van der Waals surface area contributed by atoms with Gasteiger partial charge >= 0.3 is 5.24 Å². The lowest BCUT2D eigenvalue weighted by Crippen LogP contribution is -2.48. The zero-order valence-electron chi connectivity index (χ0n) is 11.3. The van der Waals surface area contributed by atoms with Gasteiger partial charge in [0.2, 0.25) is 9.84 Å². The lowest BCUT2D eigenvalue weighted by molar-refractivity contribution is 0.190. The van der Waals surface area contributed by atoms with E-state index in [0.29, 0.717) is 25.9 Å². The van der Waals surface area contributed by atoms with Gasteiger partial charge in [-0.2, -0.15) is 0 Å². The van der Waals surface area contributed by atoms with Crippen LogP contribution in [0.2, 0.25) is 0 Å². The van der Waals surface area contributed by atoms with Crippen LogP contribution in [0.25, 0.3) is 0 Å². The molecule has 1 aliphatic heterocycles. The zero-order chi connectivity index (χ0) is 13.6. The second-order valence-electron chi connectivity index (χ2n) is 6.25. The minimum Gasteiger partial charge on any atom is -0.325 e. The van der Waals surface area contributed by atoms with Gasteiger partial charge in [-0.25, -0.2) is 8.42 Å². The molecular formula is C13H21NO3S.